The van der Waals surface area contributed by atoms with Gasteiger partial charge in [0.1, 0.15) is 29.7 Å². The van der Waals surface area contributed by atoms with Gasteiger partial charge >= 0.3 is 0 Å². The highest BCUT2D eigenvalue weighted by atomic mass is 35.5. The lowest BCUT2D eigenvalue weighted by Gasteiger charge is -2.53. The molecule has 0 heterocycles. The molecule has 1 amide bonds. The first-order valence-corrected chi connectivity index (χ1v) is 12.4. The maximum atomic E-state index is 13.5. The number of fused-ring (bicyclic) bond motifs is 3. The molecule has 0 radical (unpaired) electrons. The Morgan fingerprint density at radius 1 is 0.857 bits per heavy atom. The van der Waals surface area contributed by atoms with Crippen LogP contribution in [0.15, 0.2) is 36.4 Å². The number of Topliss-reactive ketones (excluding diaryl/α,β-unsaturated/α-hetero) is 1. The van der Waals surface area contributed by atoms with Crippen molar-refractivity contribution in [2.75, 3.05) is 13.2 Å². The summed E-state index contributed by atoms with van der Waals surface area (Å²) in [7, 11) is 0. The van der Waals surface area contributed by atoms with Crippen LogP contribution in [0.3, 0.4) is 0 Å². The first-order chi connectivity index (χ1) is 16.7. The van der Waals surface area contributed by atoms with Crippen LogP contribution in [-0.2, 0) is 9.59 Å². The van der Waals surface area contributed by atoms with E-state index >= 15 is 0 Å². The summed E-state index contributed by atoms with van der Waals surface area (Å²) in [4.78, 5) is 25.1. The van der Waals surface area contributed by atoms with Crippen molar-refractivity contribution in [2.24, 2.45) is 5.41 Å². The van der Waals surface area contributed by atoms with E-state index < -0.39 is 11.6 Å². The van der Waals surface area contributed by atoms with Gasteiger partial charge in [-0.25, -0.2) is 8.78 Å². The van der Waals surface area contributed by atoms with Gasteiger partial charge in [0.15, 0.2) is 5.78 Å². The van der Waals surface area contributed by atoms with E-state index in [9.17, 15) is 18.4 Å². The van der Waals surface area contributed by atoms with E-state index in [0.717, 1.165) is 38.5 Å². The zero-order valence-electron chi connectivity index (χ0n) is 19.2. The summed E-state index contributed by atoms with van der Waals surface area (Å²) in [5, 5.41) is 3.21. The molecule has 2 aromatic rings. The third kappa shape index (κ3) is 6.44. The van der Waals surface area contributed by atoms with Crippen molar-refractivity contribution in [3.63, 3.8) is 0 Å². The minimum atomic E-state index is -0.585. The van der Waals surface area contributed by atoms with Crippen LogP contribution in [0.25, 0.3) is 0 Å². The quantitative estimate of drug-likeness (QED) is 0.396. The fourth-order valence-corrected chi connectivity index (χ4v) is 5.34. The summed E-state index contributed by atoms with van der Waals surface area (Å²) in [5.41, 5.74) is -0.314. The fourth-order valence-electron chi connectivity index (χ4n) is 5.10. The number of hydrogen-bond acceptors (Lipinski definition) is 4. The summed E-state index contributed by atoms with van der Waals surface area (Å²) < 4.78 is 38.0. The molecule has 0 aromatic heterocycles. The summed E-state index contributed by atoms with van der Waals surface area (Å²) in [6, 6.07) is 8.27. The summed E-state index contributed by atoms with van der Waals surface area (Å²) in [5.74, 6) is -0.671. The van der Waals surface area contributed by atoms with Crippen molar-refractivity contribution < 1.29 is 27.8 Å². The first kappa shape index (κ1) is 25.7. The predicted molar refractivity (Wildman–Crippen MR) is 129 cm³/mol. The summed E-state index contributed by atoms with van der Waals surface area (Å²) in [6.45, 7) is 0.0289. The Morgan fingerprint density at radius 2 is 1.40 bits per heavy atom. The Morgan fingerprint density at radius 3 is 1.94 bits per heavy atom. The first-order valence-electron chi connectivity index (χ1n) is 11.7. The highest BCUT2D eigenvalue weighted by Crippen LogP contribution is 2.54. The van der Waals surface area contributed by atoms with Gasteiger partial charge in [0.2, 0.25) is 5.91 Å². The smallest absolute Gasteiger partial charge is 0.223 e. The molecule has 188 valence electrons. The predicted octanol–water partition coefficient (Wildman–Crippen LogP) is 6.29. The minimum absolute atomic E-state index is 0.00650. The van der Waals surface area contributed by atoms with E-state index in [-0.39, 0.29) is 58.1 Å². The second-order valence-corrected chi connectivity index (χ2v) is 10.4. The van der Waals surface area contributed by atoms with Gasteiger partial charge in [0.25, 0.3) is 0 Å². The zero-order valence-corrected chi connectivity index (χ0v) is 20.7. The van der Waals surface area contributed by atoms with Crippen LogP contribution < -0.4 is 14.8 Å². The van der Waals surface area contributed by atoms with Crippen LogP contribution in [0.5, 0.6) is 11.5 Å². The van der Waals surface area contributed by atoms with E-state index in [1.54, 1.807) is 6.07 Å². The van der Waals surface area contributed by atoms with Gasteiger partial charge in [-0.05, 0) is 68.2 Å². The van der Waals surface area contributed by atoms with Crippen LogP contribution in [-0.4, -0.2) is 30.4 Å². The molecule has 0 atom stereocenters. The van der Waals surface area contributed by atoms with Crippen molar-refractivity contribution in [1.82, 2.24) is 5.32 Å². The third-order valence-corrected chi connectivity index (χ3v) is 7.77. The Bertz CT molecular complexity index is 1090. The van der Waals surface area contributed by atoms with Gasteiger partial charge in [0, 0.05) is 24.1 Å². The topological polar surface area (TPSA) is 64.6 Å². The summed E-state index contributed by atoms with van der Waals surface area (Å²) in [6.07, 6.45) is 5.60. The fraction of sp³-hybridized carbons (Fsp3) is 0.462. The number of rotatable bonds is 10. The molecule has 2 aromatic carbocycles. The molecule has 0 spiro atoms. The van der Waals surface area contributed by atoms with Gasteiger partial charge < -0.3 is 14.8 Å². The van der Waals surface area contributed by atoms with Crippen LogP contribution in [0.4, 0.5) is 8.78 Å². The summed E-state index contributed by atoms with van der Waals surface area (Å²) >= 11 is 11.3. The van der Waals surface area contributed by atoms with Gasteiger partial charge in [0.05, 0.1) is 23.1 Å². The van der Waals surface area contributed by atoms with Crippen LogP contribution in [0, 0.1) is 17.0 Å². The van der Waals surface area contributed by atoms with E-state index in [4.69, 9.17) is 32.7 Å². The standard InChI is InChI=1S/C26H27Cl2F2NO4/c27-20-3-1-18(13-22(20)29)34-12-5-24(33)31-26-9-6-25(7-10-26,8-11-26)15-17(32)16-35-19-2-4-21(28)23(30)14-19/h1-4,13-14H,5-12,15-16H2,(H,31,33). The Balaban J connectivity index is 1.20. The van der Waals surface area contributed by atoms with Crippen LogP contribution in [0.2, 0.25) is 10.0 Å². The zero-order chi connectivity index (χ0) is 25.1. The number of benzene rings is 2. The van der Waals surface area contributed by atoms with Crippen molar-refractivity contribution in [3.8, 4) is 11.5 Å². The van der Waals surface area contributed by atoms with Gasteiger partial charge in [-0.2, -0.15) is 0 Å². The molecule has 2 bridgehead atoms. The van der Waals surface area contributed by atoms with Gasteiger partial charge in [-0.3, -0.25) is 9.59 Å². The van der Waals surface area contributed by atoms with Gasteiger partial charge in [-0.1, -0.05) is 23.2 Å². The monoisotopic (exact) mass is 525 g/mol. The molecule has 0 saturated heterocycles. The van der Waals surface area contributed by atoms with Gasteiger partial charge in [-0.15, -0.1) is 0 Å². The normalized spacial score (nSPS) is 23.1. The number of ketones is 1. The molecule has 0 unspecified atom stereocenters. The molecule has 9 heteroatoms. The maximum absolute atomic E-state index is 13.5. The molecule has 3 aliphatic carbocycles. The Hall–Kier alpha value is -2.38. The van der Waals surface area contributed by atoms with Crippen LogP contribution in [0.1, 0.15) is 51.4 Å². The second kappa shape index (κ2) is 10.7. The lowest BCUT2D eigenvalue weighted by atomic mass is 9.56. The maximum Gasteiger partial charge on any atom is 0.223 e. The van der Waals surface area contributed by atoms with E-state index in [1.165, 1.54) is 30.3 Å². The Kier molecular flexibility index (Phi) is 7.86. The molecule has 35 heavy (non-hydrogen) atoms. The number of carbonyl (C=O) groups excluding carboxylic acids is 2. The van der Waals surface area contributed by atoms with E-state index in [2.05, 4.69) is 5.32 Å². The average Bonchev–Trinajstić information content (AvgIpc) is 2.83. The molecule has 1 N–H and O–H groups in total. The number of carbonyl (C=O) groups is 2. The van der Waals surface area contributed by atoms with E-state index in [0.29, 0.717) is 12.2 Å². The lowest BCUT2D eigenvalue weighted by molar-refractivity contribution is -0.130. The lowest BCUT2D eigenvalue weighted by Crippen LogP contribution is -2.57. The highest BCUT2D eigenvalue weighted by molar-refractivity contribution is 6.31. The molecular formula is C26H27Cl2F2NO4. The largest absolute Gasteiger partial charge is 0.493 e. The van der Waals surface area contributed by atoms with Crippen LogP contribution >= 0.6 is 23.2 Å². The molecular weight excluding hydrogens is 499 g/mol. The third-order valence-electron chi connectivity index (χ3n) is 7.16. The average molecular weight is 526 g/mol. The number of nitrogens with one attached hydrogen (secondary N) is 1. The molecule has 5 rings (SSSR count). The second-order valence-electron chi connectivity index (χ2n) is 9.58. The molecule has 0 aliphatic heterocycles. The van der Waals surface area contributed by atoms with Crippen molar-refractivity contribution in [3.05, 3.63) is 58.1 Å². The molecule has 5 nitrogen and oxygen atoms in total. The van der Waals surface area contributed by atoms with E-state index in [1.807, 2.05) is 0 Å². The van der Waals surface area contributed by atoms with Crippen molar-refractivity contribution in [2.45, 2.75) is 56.9 Å². The number of hydrogen-bond donors (Lipinski definition) is 1. The molecule has 3 saturated carbocycles. The Labute approximate surface area is 213 Å². The van der Waals surface area contributed by atoms with Crippen molar-refractivity contribution >= 4 is 34.9 Å². The number of amides is 1. The minimum Gasteiger partial charge on any atom is -0.493 e. The molecule has 3 aliphatic rings. The highest BCUT2D eigenvalue weighted by Gasteiger charge is 2.49. The number of halogens is 4. The molecule has 3 fully saturated rings. The van der Waals surface area contributed by atoms with Crippen molar-refractivity contribution in [1.29, 1.82) is 0 Å². The number of ether oxygens (including phenoxy) is 2. The SMILES string of the molecule is O=C(COc1ccc(Cl)c(F)c1)CC12CCC(NC(=O)CCOc3ccc(Cl)c(F)c3)(CC1)CC2.